The summed E-state index contributed by atoms with van der Waals surface area (Å²) in [4.78, 5) is 27.2. The van der Waals surface area contributed by atoms with Gasteiger partial charge in [-0.3, -0.25) is 9.59 Å². The van der Waals surface area contributed by atoms with Crippen molar-refractivity contribution in [3.05, 3.63) is 41.5 Å². The molecule has 0 bridgehead atoms. The third-order valence-corrected chi connectivity index (χ3v) is 4.84. The van der Waals surface area contributed by atoms with Crippen LogP contribution in [-0.2, 0) is 9.59 Å². The summed E-state index contributed by atoms with van der Waals surface area (Å²) in [6.07, 6.45) is 0.460. The van der Waals surface area contributed by atoms with Crippen molar-refractivity contribution in [2.45, 2.75) is 20.3 Å². The molecule has 1 fully saturated rings. The van der Waals surface area contributed by atoms with Crippen LogP contribution in [0.2, 0.25) is 0 Å². The first-order chi connectivity index (χ1) is 12.9. The van der Waals surface area contributed by atoms with Crippen LogP contribution in [0.1, 0.15) is 17.5 Å². The molecule has 2 aliphatic heterocycles. The molecule has 3 N–H and O–H groups in total. The lowest BCUT2D eigenvalue weighted by atomic mass is 10.1. The molecule has 2 heterocycles. The SMILES string of the molecule is Cc1cc(C)cc(N2CCC(C(=O)Nc3cc4c(cc3N)OCO4)C2=O)c1. The van der Waals surface area contributed by atoms with Gasteiger partial charge in [0, 0.05) is 24.4 Å². The van der Waals surface area contributed by atoms with Gasteiger partial charge in [-0.05, 0) is 43.5 Å². The van der Waals surface area contributed by atoms with Crippen LogP contribution in [0.3, 0.4) is 0 Å². The molecule has 27 heavy (non-hydrogen) atoms. The minimum Gasteiger partial charge on any atom is -0.454 e. The predicted molar refractivity (Wildman–Crippen MR) is 102 cm³/mol. The highest BCUT2D eigenvalue weighted by Gasteiger charge is 2.38. The lowest BCUT2D eigenvalue weighted by Gasteiger charge is -2.18. The smallest absolute Gasteiger partial charge is 0.239 e. The molecule has 0 aliphatic carbocycles. The first kappa shape index (κ1) is 17.2. The summed E-state index contributed by atoms with van der Waals surface area (Å²) in [5.74, 6) is -0.234. The normalized spacial score (nSPS) is 18.1. The number of rotatable bonds is 3. The fraction of sp³-hybridized carbons (Fsp3) is 0.300. The Bertz CT molecular complexity index is 921. The van der Waals surface area contributed by atoms with Crippen LogP contribution in [0.15, 0.2) is 30.3 Å². The van der Waals surface area contributed by atoms with Crippen molar-refractivity contribution in [2.24, 2.45) is 5.92 Å². The van der Waals surface area contributed by atoms with E-state index >= 15 is 0 Å². The van der Waals surface area contributed by atoms with Crippen molar-refractivity contribution in [1.29, 1.82) is 0 Å². The first-order valence-electron chi connectivity index (χ1n) is 8.82. The molecule has 1 atom stereocenters. The zero-order valence-electron chi connectivity index (χ0n) is 15.2. The van der Waals surface area contributed by atoms with Gasteiger partial charge in [0.05, 0.1) is 11.4 Å². The number of fused-ring (bicyclic) bond motifs is 1. The highest BCUT2D eigenvalue weighted by Crippen LogP contribution is 2.38. The summed E-state index contributed by atoms with van der Waals surface area (Å²) in [5, 5.41) is 2.76. The van der Waals surface area contributed by atoms with Crippen molar-refractivity contribution in [2.75, 3.05) is 29.3 Å². The van der Waals surface area contributed by atoms with Crippen molar-refractivity contribution in [3.8, 4) is 11.5 Å². The number of ether oxygens (including phenoxy) is 2. The first-order valence-corrected chi connectivity index (χ1v) is 8.82. The molecule has 140 valence electrons. The number of carbonyl (C=O) groups excluding carboxylic acids is 2. The number of amides is 2. The highest BCUT2D eigenvalue weighted by atomic mass is 16.7. The molecule has 2 aromatic carbocycles. The maximum atomic E-state index is 12.8. The van der Waals surface area contributed by atoms with Gasteiger partial charge >= 0.3 is 0 Å². The Morgan fingerprint density at radius 2 is 1.78 bits per heavy atom. The van der Waals surface area contributed by atoms with Gasteiger partial charge in [-0.25, -0.2) is 0 Å². The molecule has 1 saturated heterocycles. The summed E-state index contributed by atoms with van der Waals surface area (Å²) < 4.78 is 10.6. The molecule has 0 spiro atoms. The number of benzene rings is 2. The van der Waals surface area contributed by atoms with Gasteiger partial charge in [-0.15, -0.1) is 0 Å². The van der Waals surface area contributed by atoms with E-state index in [-0.39, 0.29) is 18.6 Å². The van der Waals surface area contributed by atoms with E-state index in [2.05, 4.69) is 11.4 Å². The van der Waals surface area contributed by atoms with E-state index in [4.69, 9.17) is 15.2 Å². The largest absolute Gasteiger partial charge is 0.454 e. The van der Waals surface area contributed by atoms with Gasteiger partial charge in [0.1, 0.15) is 5.92 Å². The van der Waals surface area contributed by atoms with E-state index < -0.39 is 5.92 Å². The number of aryl methyl sites for hydroxylation is 2. The maximum Gasteiger partial charge on any atom is 0.239 e. The number of carbonyl (C=O) groups is 2. The van der Waals surface area contributed by atoms with Gasteiger partial charge in [0.25, 0.3) is 0 Å². The summed E-state index contributed by atoms with van der Waals surface area (Å²) >= 11 is 0. The number of nitrogens with zero attached hydrogens (tertiary/aromatic N) is 1. The van der Waals surface area contributed by atoms with E-state index in [1.165, 1.54) is 0 Å². The molecule has 2 aromatic rings. The van der Waals surface area contributed by atoms with Crippen molar-refractivity contribution in [1.82, 2.24) is 0 Å². The lowest BCUT2D eigenvalue weighted by molar-refractivity contribution is -0.129. The molecule has 7 nitrogen and oxygen atoms in total. The summed E-state index contributed by atoms with van der Waals surface area (Å²) in [5.41, 5.74) is 9.76. The Kier molecular flexibility index (Phi) is 4.14. The Morgan fingerprint density at radius 3 is 2.48 bits per heavy atom. The third kappa shape index (κ3) is 3.16. The zero-order valence-corrected chi connectivity index (χ0v) is 15.2. The van der Waals surface area contributed by atoms with Crippen LogP contribution >= 0.6 is 0 Å². The van der Waals surface area contributed by atoms with E-state index in [1.54, 1.807) is 17.0 Å². The molecule has 4 rings (SSSR count). The topological polar surface area (TPSA) is 93.9 Å². The fourth-order valence-electron chi connectivity index (χ4n) is 3.57. The van der Waals surface area contributed by atoms with Crippen molar-refractivity contribution < 1.29 is 19.1 Å². The van der Waals surface area contributed by atoms with Crippen LogP contribution in [0.5, 0.6) is 11.5 Å². The van der Waals surface area contributed by atoms with Crippen LogP contribution < -0.4 is 25.4 Å². The highest BCUT2D eigenvalue weighted by molar-refractivity contribution is 6.14. The lowest BCUT2D eigenvalue weighted by Crippen LogP contribution is -2.33. The monoisotopic (exact) mass is 367 g/mol. The number of hydrogen-bond donors (Lipinski definition) is 2. The Balaban J connectivity index is 1.51. The average Bonchev–Trinajstić information content (AvgIpc) is 3.20. The van der Waals surface area contributed by atoms with E-state index in [0.29, 0.717) is 35.8 Å². The number of nitrogens with two attached hydrogens (primary N) is 1. The number of nitrogens with one attached hydrogen (secondary N) is 1. The maximum absolute atomic E-state index is 12.8. The molecule has 0 radical (unpaired) electrons. The van der Waals surface area contributed by atoms with E-state index in [9.17, 15) is 9.59 Å². The second kappa shape index (κ2) is 6.50. The van der Waals surface area contributed by atoms with E-state index in [1.807, 2.05) is 26.0 Å². The average molecular weight is 367 g/mol. The van der Waals surface area contributed by atoms with Crippen LogP contribution in [-0.4, -0.2) is 25.2 Å². The predicted octanol–water partition coefficient (Wildman–Crippen LogP) is 2.61. The molecular weight excluding hydrogens is 346 g/mol. The van der Waals surface area contributed by atoms with Gasteiger partial charge in [-0.1, -0.05) is 6.07 Å². The quantitative estimate of drug-likeness (QED) is 0.642. The molecule has 1 unspecified atom stereocenters. The third-order valence-electron chi connectivity index (χ3n) is 4.84. The van der Waals surface area contributed by atoms with Crippen molar-refractivity contribution >= 4 is 28.9 Å². The Morgan fingerprint density at radius 1 is 1.11 bits per heavy atom. The second-order valence-electron chi connectivity index (χ2n) is 6.96. The van der Waals surface area contributed by atoms with Gasteiger partial charge in [0.2, 0.25) is 18.6 Å². The van der Waals surface area contributed by atoms with E-state index in [0.717, 1.165) is 16.8 Å². The fourth-order valence-corrected chi connectivity index (χ4v) is 3.57. The van der Waals surface area contributed by atoms with Crippen LogP contribution in [0.25, 0.3) is 0 Å². The summed E-state index contributed by atoms with van der Waals surface area (Å²) in [7, 11) is 0. The van der Waals surface area contributed by atoms with Crippen LogP contribution in [0, 0.1) is 19.8 Å². The standard InChI is InChI=1S/C20H21N3O4/c1-11-5-12(2)7-13(6-11)23-4-3-14(20(23)25)19(24)22-16-9-18-17(8-15(16)21)26-10-27-18/h5-9,14H,3-4,10,21H2,1-2H3,(H,22,24). The molecule has 2 aliphatic rings. The Hall–Kier alpha value is -3.22. The molecule has 2 amide bonds. The Labute approximate surface area is 157 Å². The molecule has 0 aromatic heterocycles. The number of hydrogen-bond acceptors (Lipinski definition) is 5. The minimum absolute atomic E-state index is 0.123. The second-order valence-corrected chi connectivity index (χ2v) is 6.96. The van der Waals surface area contributed by atoms with Crippen LogP contribution in [0.4, 0.5) is 17.1 Å². The van der Waals surface area contributed by atoms with Gasteiger partial charge in [0.15, 0.2) is 11.5 Å². The zero-order chi connectivity index (χ0) is 19.1. The minimum atomic E-state index is -0.740. The number of anilines is 3. The summed E-state index contributed by atoms with van der Waals surface area (Å²) in [6.45, 7) is 4.61. The molecule has 7 heteroatoms. The van der Waals surface area contributed by atoms with Gasteiger partial charge < -0.3 is 25.4 Å². The van der Waals surface area contributed by atoms with Gasteiger partial charge in [-0.2, -0.15) is 0 Å². The molecule has 0 saturated carbocycles. The van der Waals surface area contributed by atoms with Crippen molar-refractivity contribution in [3.63, 3.8) is 0 Å². The molecular formula is C20H21N3O4. The summed E-state index contributed by atoms with van der Waals surface area (Å²) in [6, 6.07) is 9.20. The number of nitrogen functional groups attached to an aromatic ring is 1.